The summed E-state index contributed by atoms with van der Waals surface area (Å²) in [6.07, 6.45) is 1.85. The summed E-state index contributed by atoms with van der Waals surface area (Å²) in [4.78, 5) is 15.6. The molecule has 4 nitrogen and oxygen atoms in total. The molecule has 1 fully saturated rings. The minimum Gasteiger partial charge on any atom is -0.507 e. The quantitative estimate of drug-likeness (QED) is 0.607. The van der Waals surface area contributed by atoms with Crippen molar-refractivity contribution >= 4 is 29.3 Å². The van der Waals surface area contributed by atoms with E-state index in [1.165, 1.54) is 4.90 Å². The maximum absolute atomic E-state index is 12.4. The minimum atomic E-state index is -0.212. The van der Waals surface area contributed by atoms with E-state index in [9.17, 15) is 9.90 Å². The molecule has 0 saturated carbocycles. The third-order valence-electron chi connectivity index (χ3n) is 4.51. The number of benzene rings is 1. The zero-order valence-electron chi connectivity index (χ0n) is 16.4. The van der Waals surface area contributed by atoms with Crippen molar-refractivity contribution in [1.29, 1.82) is 0 Å². The van der Waals surface area contributed by atoms with Crippen LogP contribution in [0.15, 0.2) is 17.8 Å². The van der Waals surface area contributed by atoms with E-state index in [4.69, 9.17) is 12.2 Å². The van der Waals surface area contributed by atoms with Gasteiger partial charge in [-0.2, -0.15) is 0 Å². The lowest BCUT2D eigenvalue weighted by Crippen LogP contribution is -2.26. The van der Waals surface area contributed by atoms with Crippen molar-refractivity contribution in [1.82, 2.24) is 9.80 Å². The van der Waals surface area contributed by atoms with E-state index >= 15 is 0 Å². The van der Waals surface area contributed by atoms with Gasteiger partial charge in [0.15, 0.2) is 5.11 Å². The number of aromatic hydroxyl groups is 1. The van der Waals surface area contributed by atoms with Crippen molar-refractivity contribution in [3.8, 4) is 5.75 Å². The summed E-state index contributed by atoms with van der Waals surface area (Å²) in [5, 5.41) is 11.3. The van der Waals surface area contributed by atoms with Crippen molar-refractivity contribution < 1.29 is 9.90 Å². The van der Waals surface area contributed by atoms with Gasteiger partial charge in [0.05, 0.1) is 0 Å². The van der Waals surface area contributed by atoms with Crippen LogP contribution in [0.4, 0.5) is 0 Å². The molecule has 1 heterocycles. The Bertz CT molecular complexity index is 732. The van der Waals surface area contributed by atoms with E-state index in [1.54, 1.807) is 19.0 Å². The van der Waals surface area contributed by atoms with Crippen molar-refractivity contribution in [3.63, 3.8) is 0 Å². The molecule has 1 saturated heterocycles. The molecule has 1 aromatic rings. The summed E-state index contributed by atoms with van der Waals surface area (Å²) in [7, 11) is 3.48. The molecule has 0 bridgehead atoms. The van der Waals surface area contributed by atoms with Gasteiger partial charge < -0.3 is 10.0 Å². The number of carbonyl (C=O) groups is 1. The first kappa shape index (κ1) is 19.4. The van der Waals surface area contributed by atoms with Crippen LogP contribution in [0.3, 0.4) is 0 Å². The lowest BCUT2D eigenvalue weighted by molar-refractivity contribution is -0.121. The van der Waals surface area contributed by atoms with Crippen molar-refractivity contribution in [2.75, 3.05) is 14.1 Å². The third kappa shape index (κ3) is 3.56. The molecule has 0 aliphatic carbocycles. The molecule has 0 radical (unpaired) electrons. The molecule has 136 valence electrons. The van der Waals surface area contributed by atoms with Gasteiger partial charge in [-0.1, -0.05) is 41.5 Å². The van der Waals surface area contributed by atoms with E-state index in [0.717, 1.165) is 16.7 Å². The molecule has 1 aromatic carbocycles. The highest BCUT2D eigenvalue weighted by atomic mass is 32.1. The second-order valence-corrected chi connectivity index (χ2v) is 9.07. The summed E-state index contributed by atoms with van der Waals surface area (Å²) < 4.78 is 0. The van der Waals surface area contributed by atoms with Crippen LogP contribution >= 0.6 is 12.2 Å². The van der Waals surface area contributed by atoms with Crippen molar-refractivity contribution in [2.45, 2.75) is 52.4 Å². The summed E-state index contributed by atoms with van der Waals surface area (Å²) in [5.74, 6) is 0.219. The van der Waals surface area contributed by atoms with E-state index in [1.807, 2.05) is 18.2 Å². The molecule has 0 aromatic heterocycles. The Labute approximate surface area is 156 Å². The first-order chi connectivity index (χ1) is 11.2. The molecule has 1 aliphatic heterocycles. The van der Waals surface area contributed by atoms with Crippen LogP contribution in [0.1, 0.15) is 58.2 Å². The van der Waals surface area contributed by atoms with Gasteiger partial charge in [-0.3, -0.25) is 9.69 Å². The Balaban J connectivity index is 2.69. The highest BCUT2D eigenvalue weighted by Crippen LogP contribution is 2.40. The van der Waals surface area contributed by atoms with Crippen molar-refractivity contribution in [2.24, 2.45) is 0 Å². The topological polar surface area (TPSA) is 43.8 Å². The number of phenols is 1. The highest BCUT2D eigenvalue weighted by Gasteiger charge is 2.33. The van der Waals surface area contributed by atoms with Crippen LogP contribution in [-0.2, 0) is 15.6 Å². The molecule has 0 unspecified atom stereocenters. The van der Waals surface area contributed by atoms with Crippen molar-refractivity contribution in [3.05, 3.63) is 34.5 Å². The van der Waals surface area contributed by atoms with E-state index in [0.29, 0.717) is 16.6 Å². The fraction of sp³-hybridized carbons (Fsp3) is 0.500. The Morgan fingerprint density at radius 3 is 1.72 bits per heavy atom. The standard InChI is InChI=1S/C20H28N2O2S/c1-19(2,3)13-9-12(10-14(16(13)23)20(4,5)6)11-15-17(24)22(8)18(25)21(15)7/h9-11,23H,1-8H3/b15-11-. The average molecular weight is 361 g/mol. The van der Waals surface area contributed by atoms with Gasteiger partial charge in [0.1, 0.15) is 11.4 Å². The van der Waals surface area contributed by atoms with Crippen LogP contribution in [0.5, 0.6) is 5.75 Å². The van der Waals surface area contributed by atoms with Crippen LogP contribution < -0.4 is 0 Å². The molecule has 1 N–H and O–H groups in total. The van der Waals surface area contributed by atoms with Crippen LogP contribution in [-0.4, -0.2) is 40.0 Å². The van der Waals surface area contributed by atoms with Crippen LogP contribution in [0, 0.1) is 0 Å². The lowest BCUT2D eigenvalue weighted by Gasteiger charge is -2.28. The zero-order valence-corrected chi connectivity index (χ0v) is 17.2. The molecule has 1 amide bonds. The summed E-state index contributed by atoms with van der Waals surface area (Å²) in [6, 6.07) is 3.92. The van der Waals surface area contributed by atoms with Crippen LogP contribution in [0.2, 0.25) is 0 Å². The molecule has 0 spiro atoms. The normalized spacial score (nSPS) is 17.8. The van der Waals surface area contributed by atoms with Crippen LogP contribution in [0.25, 0.3) is 6.08 Å². The first-order valence-electron chi connectivity index (χ1n) is 8.40. The third-order valence-corrected chi connectivity index (χ3v) is 5.06. The highest BCUT2D eigenvalue weighted by molar-refractivity contribution is 7.80. The smallest absolute Gasteiger partial charge is 0.276 e. The summed E-state index contributed by atoms with van der Waals surface area (Å²) >= 11 is 5.28. The van der Waals surface area contributed by atoms with Gasteiger partial charge in [-0.05, 0) is 46.8 Å². The maximum Gasteiger partial charge on any atom is 0.276 e. The first-order valence-corrected chi connectivity index (χ1v) is 8.81. The maximum atomic E-state index is 12.4. The van der Waals surface area contributed by atoms with Gasteiger partial charge >= 0.3 is 0 Å². The molecule has 0 atom stereocenters. The number of hydrogen-bond donors (Lipinski definition) is 1. The number of nitrogens with zero attached hydrogens (tertiary/aromatic N) is 2. The second kappa shape index (κ2) is 6.13. The number of rotatable bonds is 1. The fourth-order valence-corrected chi connectivity index (χ4v) is 3.11. The van der Waals surface area contributed by atoms with Gasteiger partial charge in [0.25, 0.3) is 5.91 Å². The summed E-state index contributed by atoms with van der Waals surface area (Å²) in [5.41, 5.74) is 2.75. The number of hydrogen-bond acceptors (Lipinski definition) is 3. The average Bonchev–Trinajstić information content (AvgIpc) is 2.64. The molecule has 25 heavy (non-hydrogen) atoms. The van der Waals surface area contributed by atoms with Gasteiger partial charge in [0, 0.05) is 25.2 Å². The van der Waals surface area contributed by atoms with Gasteiger partial charge in [-0.25, -0.2) is 0 Å². The number of phenolic OH excluding ortho intramolecular Hbond substituents is 1. The Kier molecular flexibility index (Phi) is 4.77. The molecular formula is C20H28N2O2S. The lowest BCUT2D eigenvalue weighted by atomic mass is 9.78. The molecular weight excluding hydrogens is 332 g/mol. The van der Waals surface area contributed by atoms with E-state index in [2.05, 4.69) is 41.5 Å². The largest absolute Gasteiger partial charge is 0.507 e. The predicted molar refractivity (Wildman–Crippen MR) is 107 cm³/mol. The predicted octanol–water partition coefficient (Wildman–Crippen LogP) is 4.02. The SMILES string of the molecule is CN1C(=O)/C(=C/c2cc(C(C)(C)C)c(O)c(C(C)(C)C)c2)N(C)C1=S. The Hall–Kier alpha value is -1.88. The zero-order chi connectivity index (χ0) is 19.3. The van der Waals surface area contributed by atoms with E-state index in [-0.39, 0.29) is 16.7 Å². The number of likely N-dealkylation sites (N-methyl/N-ethyl adjacent to an activating group) is 2. The Morgan fingerprint density at radius 1 is 0.960 bits per heavy atom. The number of thiocarbonyl (C=S) groups is 1. The van der Waals surface area contributed by atoms with Gasteiger partial charge in [-0.15, -0.1) is 0 Å². The monoisotopic (exact) mass is 360 g/mol. The van der Waals surface area contributed by atoms with E-state index < -0.39 is 0 Å². The molecule has 2 rings (SSSR count). The fourth-order valence-electron chi connectivity index (χ4n) is 2.93. The van der Waals surface area contributed by atoms with Gasteiger partial charge in [0.2, 0.25) is 0 Å². The number of carbonyl (C=O) groups excluding carboxylic acids is 1. The second-order valence-electron chi connectivity index (χ2n) is 8.70. The molecule has 5 heteroatoms. The summed E-state index contributed by atoms with van der Waals surface area (Å²) in [6.45, 7) is 12.4. The minimum absolute atomic E-state index is 0.116. The molecule has 1 aliphatic rings. The number of amides is 1. The Morgan fingerprint density at radius 2 is 1.40 bits per heavy atom.